The first-order chi connectivity index (χ1) is 10.2. The number of nitrogens with zero attached hydrogens (tertiary/aromatic N) is 1. The van der Waals surface area contributed by atoms with Crippen molar-refractivity contribution in [3.8, 4) is 0 Å². The van der Waals surface area contributed by atoms with Crippen molar-refractivity contribution < 1.29 is 4.79 Å². The predicted octanol–water partition coefficient (Wildman–Crippen LogP) is 1.96. The van der Waals surface area contributed by atoms with Crippen LogP contribution in [-0.2, 0) is 10.2 Å². The standard InChI is InChI=1S/C16H28N4OS/c1-15(2,12-8-7-9-22-12)10-19-14(18-6)20-11-16(3,4)13(21)17-5/h7-9H,10-11H2,1-6H3,(H,17,21)(H2,18,19,20). The molecule has 1 amide bonds. The molecule has 0 unspecified atom stereocenters. The molecular formula is C16H28N4OS. The molecule has 0 spiro atoms. The van der Waals surface area contributed by atoms with Crippen LogP contribution in [0.1, 0.15) is 32.6 Å². The molecule has 1 rings (SSSR count). The van der Waals surface area contributed by atoms with Gasteiger partial charge < -0.3 is 16.0 Å². The van der Waals surface area contributed by atoms with Gasteiger partial charge >= 0.3 is 0 Å². The zero-order chi connectivity index (χ0) is 16.8. The lowest BCUT2D eigenvalue weighted by Gasteiger charge is -2.27. The Labute approximate surface area is 137 Å². The van der Waals surface area contributed by atoms with Crippen LogP contribution in [0.3, 0.4) is 0 Å². The Bertz CT molecular complexity index is 506. The van der Waals surface area contributed by atoms with Crippen LogP contribution in [0.15, 0.2) is 22.5 Å². The predicted molar refractivity (Wildman–Crippen MR) is 94.6 cm³/mol. The highest BCUT2D eigenvalue weighted by Gasteiger charge is 2.27. The molecule has 22 heavy (non-hydrogen) atoms. The van der Waals surface area contributed by atoms with Crippen molar-refractivity contribution in [3.63, 3.8) is 0 Å². The summed E-state index contributed by atoms with van der Waals surface area (Å²) < 4.78 is 0. The normalized spacial score (nSPS) is 12.9. The number of guanidine groups is 1. The Morgan fingerprint density at radius 3 is 2.36 bits per heavy atom. The van der Waals surface area contributed by atoms with Crippen molar-refractivity contribution >= 4 is 23.2 Å². The summed E-state index contributed by atoms with van der Waals surface area (Å²) in [4.78, 5) is 17.4. The van der Waals surface area contributed by atoms with E-state index < -0.39 is 5.41 Å². The topological polar surface area (TPSA) is 65.5 Å². The molecule has 0 aliphatic rings. The minimum atomic E-state index is -0.490. The Kier molecular flexibility index (Phi) is 6.41. The highest BCUT2D eigenvalue weighted by Crippen LogP contribution is 2.26. The van der Waals surface area contributed by atoms with Gasteiger partial charge in [0.05, 0.1) is 5.41 Å². The van der Waals surface area contributed by atoms with Crippen LogP contribution in [0.2, 0.25) is 0 Å². The third-order valence-electron chi connectivity index (χ3n) is 3.65. The summed E-state index contributed by atoms with van der Waals surface area (Å²) >= 11 is 1.76. The van der Waals surface area contributed by atoms with Crippen LogP contribution < -0.4 is 16.0 Å². The zero-order valence-electron chi connectivity index (χ0n) is 14.4. The van der Waals surface area contributed by atoms with Gasteiger partial charge in [0.25, 0.3) is 0 Å². The van der Waals surface area contributed by atoms with Crippen LogP contribution >= 0.6 is 11.3 Å². The largest absolute Gasteiger partial charge is 0.359 e. The molecule has 6 heteroatoms. The van der Waals surface area contributed by atoms with Gasteiger partial charge in [0, 0.05) is 37.5 Å². The Morgan fingerprint density at radius 1 is 1.23 bits per heavy atom. The molecular weight excluding hydrogens is 296 g/mol. The first-order valence-electron chi connectivity index (χ1n) is 7.43. The number of rotatable bonds is 6. The van der Waals surface area contributed by atoms with E-state index in [0.29, 0.717) is 12.5 Å². The van der Waals surface area contributed by atoms with Crippen LogP contribution in [-0.4, -0.2) is 39.1 Å². The molecule has 3 N–H and O–H groups in total. The van der Waals surface area contributed by atoms with Gasteiger partial charge in [-0.05, 0) is 25.3 Å². The number of hydrogen-bond acceptors (Lipinski definition) is 3. The van der Waals surface area contributed by atoms with Crippen molar-refractivity contribution in [1.29, 1.82) is 0 Å². The minimum Gasteiger partial charge on any atom is -0.359 e. The number of carbonyl (C=O) groups excluding carboxylic acids is 1. The molecule has 1 heterocycles. The van der Waals surface area contributed by atoms with E-state index in [0.717, 1.165) is 6.54 Å². The van der Waals surface area contributed by atoms with E-state index >= 15 is 0 Å². The fourth-order valence-electron chi connectivity index (χ4n) is 2.00. The van der Waals surface area contributed by atoms with Gasteiger partial charge in [-0.15, -0.1) is 11.3 Å². The number of hydrogen-bond donors (Lipinski definition) is 3. The van der Waals surface area contributed by atoms with Gasteiger partial charge in [-0.2, -0.15) is 0 Å². The molecule has 0 aromatic carbocycles. The molecule has 5 nitrogen and oxygen atoms in total. The molecule has 0 bridgehead atoms. The van der Waals surface area contributed by atoms with Gasteiger partial charge in [0.1, 0.15) is 0 Å². The third kappa shape index (κ3) is 5.02. The Hall–Kier alpha value is -1.56. The van der Waals surface area contributed by atoms with E-state index in [1.165, 1.54) is 4.88 Å². The summed E-state index contributed by atoms with van der Waals surface area (Å²) in [7, 11) is 3.39. The molecule has 0 atom stereocenters. The lowest BCUT2D eigenvalue weighted by atomic mass is 9.91. The smallest absolute Gasteiger partial charge is 0.227 e. The maximum absolute atomic E-state index is 11.8. The molecule has 124 valence electrons. The van der Waals surface area contributed by atoms with E-state index in [1.54, 1.807) is 25.4 Å². The average molecular weight is 324 g/mol. The van der Waals surface area contributed by atoms with E-state index in [2.05, 4.69) is 52.3 Å². The van der Waals surface area contributed by atoms with Crippen molar-refractivity contribution in [2.24, 2.45) is 10.4 Å². The molecule has 1 aromatic heterocycles. The highest BCUT2D eigenvalue weighted by molar-refractivity contribution is 7.10. The number of carbonyl (C=O) groups is 1. The lowest BCUT2D eigenvalue weighted by molar-refractivity contribution is -0.128. The first-order valence-corrected chi connectivity index (χ1v) is 8.31. The van der Waals surface area contributed by atoms with Gasteiger partial charge in [-0.1, -0.05) is 19.9 Å². The summed E-state index contributed by atoms with van der Waals surface area (Å²) in [6.07, 6.45) is 0. The second-order valence-electron chi connectivity index (χ2n) is 6.60. The van der Waals surface area contributed by atoms with Gasteiger partial charge in [0.2, 0.25) is 5.91 Å². The summed E-state index contributed by atoms with van der Waals surface area (Å²) in [6.45, 7) is 9.50. The van der Waals surface area contributed by atoms with Crippen molar-refractivity contribution in [1.82, 2.24) is 16.0 Å². The van der Waals surface area contributed by atoms with E-state index in [9.17, 15) is 4.79 Å². The van der Waals surface area contributed by atoms with E-state index in [4.69, 9.17) is 0 Å². The van der Waals surface area contributed by atoms with Gasteiger partial charge in [-0.3, -0.25) is 9.79 Å². The number of aliphatic imine (C=N–C) groups is 1. The molecule has 0 aliphatic carbocycles. The summed E-state index contributed by atoms with van der Waals surface area (Å²) in [5.41, 5.74) is -0.461. The third-order valence-corrected chi connectivity index (χ3v) is 4.88. The zero-order valence-corrected chi connectivity index (χ0v) is 15.2. The van der Waals surface area contributed by atoms with Crippen LogP contribution in [0.4, 0.5) is 0 Å². The van der Waals surface area contributed by atoms with Crippen LogP contribution in [0.5, 0.6) is 0 Å². The molecule has 0 saturated carbocycles. The second-order valence-corrected chi connectivity index (χ2v) is 7.55. The quantitative estimate of drug-likeness (QED) is 0.554. The van der Waals surface area contributed by atoms with Crippen molar-refractivity contribution in [2.75, 3.05) is 27.2 Å². The van der Waals surface area contributed by atoms with E-state index in [1.807, 2.05) is 13.8 Å². The first kappa shape index (κ1) is 18.5. The fourth-order valence-corrected chi connectivity index (χ4v) is 2.85. The highest BCUT2D eigenvalue weighted by atomic mass is 32.1. The average Bonchev–Trinajstić information content (AvgIpc) is 3.01. The van der Waals surface area contributed by atoms with Crippen molar-refractivity contribution in [2.45, 2.75) is 33.1 Å². The maximum atomic E-state index is 11.8. The number of amides is 1. The molecule has 0 aliphatic heterocycles. The maximum Gasteiger partial charge on any atom is 0.227 e. The Morgan fingerprint density at radius 2 is 1.86 bits per heavy atom. The number of thiophene rings is 1. The molecule has 0 saturated heterocycles. The second kappa shape index (κ2) is 7.63. The minimum absolute atomic E-state index is 0.00867. The summed E-state index contributed by atoms with van der Waals surface area (Å²) in [6, 6.07) is 4.22. The molecule has 0 fully saturated rings. The van der Waals surface area contributed by atoms with Crippen LogP contribution in [0, 0.1) is 5.41 Å². The van der Waals surface area contributed by atoms with Gasteiger partial charge in [0.15, 0.2) is 5.96 Å². The monoisotopic (exact) mass is 324 g/mol. The molecule has 0 radical (unpaired) electrons. The molecule has 1 aromatic rings. The van der Waals surface area contributed by atoms with E-state index in [-0.39, 0.29) is 11.3 Å². The SMILES string of the molecule is CN=C(NCC(C)(C)C(=O)NC)NCC(C)(C)c1cccs1. The van der Waals surface area contributed by atoms with Crippen molar-refractivity contribution in [3.05, 3.63) is 22.4 Å². The lowest BCUT2D eigenvalue weighted by Crippen LogP contribution is -2.49. The fraction of sp³-hybridized carbons (Fsp3) is 0.625. The van der Waals surface area contributed by atoms with Crippen LogP contribution in [0.25, 0.3) is 0 Å². The summed E-state index contributed by atoms with van der Waals surface area (Å²) in [5, 5.41) is 11.3. The number of nitrogens with one attached hydrogen (secondary N) is 3. The summed E-state index contributed by atoms with van der Waals surface area (Å²) in [5.74, 6) is 0.718. The Balaban J connectivity index is 2.55. The van der Waals surface area contributed by atoms with Gasteiger partial charge in [-0.25, -0.2) is 0 Å².